The van der Waals surface area contributed by atoms with Gasteiger partial charge in [0, 0.05) is 23.3 Å². The molecule has 0 spiro atoms. The Labute approximate surface area is 166 Å². The Bertz CT molecular complexity index is 1180. The maximum absolute atomic E-state index is 11.6. The molecule has 0 unspecified atom stereocenters. The van der Waals surface area contributed by atoms with Gasteiger partial charge in [-0.05, 0) is 35.9 Å². The summed E-state index contributed by atoms with van der Waals surface area (Å²) >= 11 is 6.26. The van der Waals surface area contributed by atoms with E-state index in [1.165, 1.54) is 6.08 Å². The van der Waals surface area contributed by atoms with Gasteiger partial charge in [0.15, 0.2) is 5.82 Å². The number of amides is 1. The molecule has 0 atom stereocenters. The summed E-state index contributed by atoms with van der Waals surface area (Å²) in [6.07, 6.45) is 6.89. The number of aromatic nitrogens is 4. The second-order valence-electron chi connectivity index (χ2n) is 6.15. The van der Waals surface area contributed by atoms with Gasteiger partial charge >= 0.3 is 0 Å². The van der Waals surface area contributed by atoms with Gasteiger partial charge in [-0.25, -0.2) is 9.97 Å². The Hall–Kier alpha value is -3.51. The van der Waals surface area contributed by atoms with Gasteiger partial charge < -0.3 is 5.32 Å². The van der Waals surface area contributed by atoms with Gasteiger partial charge in [0.25, 0.3) is 0 Å². The van der Waals surface area contributed by atoms with Gasteiger partial charge in [-0.1, -0.05) is 36.4 Å². The number of hydrogen-bond donors (Lipinski definition) is 1. The van der Waals surface area contributed by atoms with E-state index in [9.17, 15) is 4.79 Å². The lowest BCUT2D eigenvalue weighted by molar-refractivity contribution is -0.111. The Morgan fingerprint density at radius 1 is 1.21 bits per heavy atom. The number of carbonyl (C=O) groups is 1. The third kappa shape index (κ3) is 3.63. The SMILES string of the molecule is C=CC(=O)Nc1ccc2ncn(-c3cncc(Cc4ccccc4Cl)n3)c2c1. The molecule has 0 aliphatic rings. The molecule has 1 amide bonds. The molecule has 138 valence electrons. The first kappa shape index (κ1) is 17.9. The Balaban J connectivity index is 1.70. The number of nitrogens with one attached hydrogen (secondary N) is 1. The lowest BCUT2D eigenvalue weighted by Crippen LogP contribution is -2.07. The first-order valence-corrected chi connectivity index (χ1v) is 8.97. The van der Waals surface area contributed by atoms with Crippen molar-refractivity contribution in [2.45, 2.75) is 6.42 Å². The van der Waals surface area contributed by atoms with E-state index in [0.29, 0.717) is 22.9 Å². The molecule has 4 rings (SSSR count). The van der Waals surface area contributed by atoms with Crippen molar-refractivity contribution in [1.29, 1.82) is 0 Å². The molecule has 0 saturated heterocycles. The van der Waals surface area contributed by atoms with E-state index in [2.05, 4.69) is 21.9 Å². The summed E-state index contributed by atoms with van der Waals surface area (Å²) in [4.78, 5) is 25.0. The van der Waals surface area contributed by atoms with E-state index in [0.717, 1.165) is 22.3 Å². The van der Waals surface area contributed by atoms with Crippen LogP contribution in [0, 0.1) is 0 Å². The zero-order chi connectivity index (χ0) is 19.5. The molecule has 0 aliphatic heterocycles. The normalized spacial score (nSPS) is 10.8. The summed E-state index contributed by atoms with van der Waals surface area (Å²) in [6, 6.07) is 13.1. The van der Waals surface area contributed by atoms with Gasteiger partial charge in [-0.2, -0.15) is 0 Å². The zero-order valence-electron chi connectivity index (χ0n) is 14.8. The van der Waals surface area contributed by atoms with Crippen LogP contribution < -0.4 is 5.32 Å². The fourth-order valence-corrected chi connectivity index (χ4v) is 3.10. The second kappa shape index (κ2) is 7.62. The summed E-state index contributed by atoms with van der Waals surface area (Å²) in [7, 11) is 0. The number of imidazole rings is 1. The predicted molar refractivity (Wildman–Crippen MR) is 110 cm³/mol. The van der Waals surface area contributed by atoms with E-state index in [-0.39, 0.29) is 5.91 Å². The van der Waals surface area contributed by atoms with E-state index >= 15 is 0 Å². The van der Waals surface area contributed by atoms with Crippen LogP contribution in [0.1, 0.15) is 11.3 Å². The van der Waals surface area contributed by atoms with Gasteiger partial charge in [-0.15, -0.1) is 0 Å². The highest BCUT2D eigenvalue weighted by Crippen LogP contribution is 2.22. The first-order valence-electron chi connectivity index (χ1n) is 8.59. The van der Waals surface area contributed by atoms with E-state index < -0.39 is 0 Å². The highest BCUT2D eigenvalue weighted by molar-refractivity contribution is 6.31. The average Bonchev–Trinajstić information content (AvgIpc) is 3.13. The number of anilines is 1. The van der Waals surface area contributed by atoms with Crippen molar-refractivity contribution in [2.24, 2.45) is 0 Å². The molecular weight excluding hydrogens is 374 g/mol. The highest BCUT2D eigenvalue weighted by atomic mass is 35.5. The Kier molecular flexibility index (Phi) is 4.87. The van der Waals surface area contributed by atoms with Gasteiger partial charge in [-0.3, -0.25) is 14.3 Å². The van der Waals surface area contributed by atoms with Crippen molar-refractivity contribution in [3.63, 3.8) is 0 Å². The number of nitrogens with zero attached hydrogens (tertiary/aromatic N) is 4. The first-order chi connectivity index (χ1) is 13.6. The van der Waals surface area contributed by atoms with Crippen LogP contribution in [0.15, 0.2) is 73.8 Å². The molecule has 2 aromatic heterocycles. The highest BCUT2D eigenvalue weighted by Gasteiger charge is 2.10. The summed E-state index contributed by atoms with van der Waals surface area (Å²) in [5.74, 6) is 0.367. The van der Waals surface area contributed by atoms with E-state index in [1.54, 1.807) is 24.8 Å². The number of fused-ring (bicyclic) bond motifs is 1. The van der Waals surface area contributed by atoms with Crippen LogP contribution in [0.5, 0.6) is 0 Å². The molecule has 4 aromatic rings. The largest absolute Gasteiger partial charge is 0.322 e. The molecule has 2 heterocycles. The van der Waals surface area contributed by atoms with Crippen molar-refractivity contribution in [3.8, 4) is 5.82 Å². The van der Waals surface area contributed by atoms with Crippen LogP contribution in [0.25, 0.3) is 16.9 Å². The van der Waals surface area contributed by atoms with Crippen molar-refractivity contribution >= 4 is 34.2 Å². The molecule has 0 fully saturated rings. The molecule has 6 nitrogen and oxygen atoms in total. The van der Waals surface area contributed by atoms with Crippen LogP contribution in [-0.4, -0.2) is 25.4 Å². The van der Waals surface area contributed by atoms with Crippen molar-refractivity contribution < 1.29 is 4.79 Å². The minimum absolute atomic E-state index is 0.271. The fourth-order valence-electron chi connectivity index (χ4n) is 2.89. The second-order valence-corrected chi connectivity index (χ2v) is 6.56. The van der Waals surface area contributed by atoms with Gasteiger partial charge in [0.1, 0.15) is 6.33 Å². The van der Waals surface area contributed by atoms with E-state index in [4.69, 9.17) is 16.6 Å². The van der Waals surface area contributed by atoms with Crippen LogP contribution >= 0.6 is 11.6 Å². The quantitative estimate of drug-likeness (QED) is 0.519. The average molecular weight is 390 g/mol. The Morgan fingerprint density at radius 3 is 2.89 bits per heavy atom. The molecule has 0 radical (unpaired) electrons. The lowest BCUT2D eigenvalue weighted by Gasteiger charge is -2.08. The molecule has 0 saturated carbocycles. The molecule has 0 bridgehead atoms. The van der Waals surface area contributed by atoms with Crippen molar-refractivity contribution in [2.75, 3.05) is 5.32 Å². The maximum atomic E-state index is 11.6. The molecule has 2 aromatic carbocycles. The summed E-state index contributed by atoms with van der Waals surface area (Å²) < 4.78 is 1.84. The topological polar surface area (TPSA) is 72.7 Å². The lowest BCUT2D eigenvalue weighted by atomic mass is 10.1. The van der Waals surface area contributed by atoms with E-state index in [1.807, 2.05) is 41.0 Å². The number of rotatable bonds is 5. The third-order valence-corrected chi connectivity index (χ3v) is 4.62. The van der Waals surface area contributed by atoms with Crippen molar-refractivity contribution in [3.05, 3.63) is 90.1 Å². The molecule has 1 N–H and O–H groups in total. The molecule has 0 aliphatic carbocycles. The van der Waals surface area contributed by atoms with Crippen LogP contribution in [0.4, 0.5) is 5.69 Å². The standard InChI is InChI=1S/C21H16ClN5O/c1-2-21(28)26-15-7-8-18-19(10-15)27(13-24-18)20-12-23-11-16(25-20)9-14-5-3-4-6-17(14)22/h2-8,10-13H,1,9H2,(H,26,28). The third-order valence-electron chi connectivity index (χ3n) is 4.25. The fraction of sp³-hybridized carbons (Fsp3) is 0.0476. The number of halogens is 1. The molecule has 7 heteroatoms. The minimum atomic E-state index is -0.271. The number of benzene rings is 2. The van der Waals surface area contributed by atoms with Crippen LogP contribution in [0.2, 0.25) is 5.02 Å². The van der Waals surface area contributed by atoms with Crippen molar-refractivity contribution in [1.82, 2.24) is 19.5 Å². The predicted octanol–water partition coefficient (Wildman–Crippen LogP) is 4.18. The smallest absolute Gasteiger partial charge is 0.247 e. The van der Waals surface area contributed by atoms with Crippen LogP contribution in [0.3, 0.4) is 0 Å². The maximum Gasteiger partial charge on any atom is 0.247 e. The number of carbonyl (C=O) groups excluding carboxylic acids is 1. The van der Waals surface area contributed by atoms with Gasteiger partial charge in [0.05, 0.1) is 22.9 Å². The summed E-state index contributed by atoms with van der Waals surface area (Å²) in [5, 5.41) is 3.45. The summed E-state index contributed by atoms with van der Waals surface area (Å²) in [5.41, 5.74) is 4.03. The minimum Gasteiger partial charge on any atom is -0.322 e. The Morgan fingerprint density at radius 2 is 2.07 bits per heavy atom. The monoisotopic (exact) mass is 389 g/mol. The van der Waals surface area contributed by atoms with Gasteiger partial charge in [0.2, 0.25) is 5.91 Å². The number of hydrogen-bond acceptors (Lipinski definition) is 4. The summed E-state index contributed by atoms with van der Waals surface area (Å²) in [6.45, 7) is 3.47. The zero-order valence-corrected chi connectivity index (χ0v) is 15.6. The molecule has 28 heavy (non-hydrogen) atoms. The van der Waals surface area contributed by atoms with Crippen LogP contribution in [-0.2, 0) is 11.2 Å². The molecular formula is C21H16ClN5O.